The summed E-state index contributed by atoms with van der Waals surface area (Å²) in [6.45, 7) is 1.52. The standard InChI is InChI=1S/C17H17N3O/c21-16-3-1-2-14(10-16)12-18-11-13-4-6-15(7-5-13)17-8-9-19-20-17/h1-10,18,21H,11-12H2,(H,19,20). The van der Waals surface area contributed by atoms with Gasteiger partial charge in [0.15, 0.2) is 0 Å². The second-order valence-corrected chi connectivity index (χ2v) is 4.94. The van der Waals surface area contributed by atoms with Crippen molar-refractivity contribution in [3.05, 3.63) is 71.9 Å². The third-order valence-corrected chi connectivity index (χ3v) is 3.33. The van der Waals surface area contributed by atoms with Crippen LogP contribution in [0.1, 0.15) is 11.1 Å². The Morgan fingerprint density at radius 2 is 1.76 bits per heavy atom. The lowest BCUT2D eigenvalue weighted by Crippen LogP contribution is -2.12. The minimum Gasteiger partial charge on any atom is -0.508 e. The molecule has 0 aliphatic rings. The van der Waals surface area contributed by atoms with Gasteiger partial charge in [-0.1, -0.05) is 36.4 Å². The molecule has 0 radical (unpaired) electrons. The van der Waals surface area contributed by atoms with Crippen molar-refractivity contribution in [2.75, 3.05) is 0 Å². The van der Waals surface area contributed by atoms with E-state index in [0.717, 1.165) is 29.9 Å². The Labute approximate surface area is 123 Å². The molecule has 3 aromatic rings. The molecule has 4 nitrogen and oxygen atoms in total. The molecule has 0 atom stereocenters. The van der Waals surface area contributed by atoms with Crippen molar-refractivity contribution in [2.45, 2.75) is 13.1 Å². The first-order chi connectivity index (χ1) is 10.3. The summed E-state index contributed by atoms with van der Waals surface area (Å²) < 4.78 is 0. The number of benzene rings is 2. The highest BCUT2D eigenvalue weighted by Crippen LogP contribution is 2.16. The topological polar surface area (TPSA) is 60.9 Å². The maximum Gasteiger partial charge on any atom is 0.115 e. The number of phenolic OH excluding ortho intramolecular Hbond substituents is 1. The van der Waals surface area contributed by atoms with E-state index < -0.39 is 0 Å². The van der Waals surface area contributed by atoms with E-state index in [0.29, 0.717) is 5.75 Å². The Bertz CT molecular complexity index is 690. The van der Waals surface area contributed by atoms with Crippen LogP contribution >= 0.6 is 0 Å². The zero-order valence-corrected chi connectivity index (χ0v) is 11.6. The summed E-state index contributed by atoms with van der Waals surface area (Å²) >= 11 is 0. The number of hydrogen-bond donors (Lipinski definition) is 3. The van der Waals surface area contributed by atoms with Crippen LogP contribution in [0.2, 0.25) is 0 Å². The molecule has 3 rings (SSSR count). The molecule has 0 aliphatic carbocycles. The first kappa shape index (κ1) is 13.4. The van der Waals surface area contributed by atoms with Crippen molar-refractivity contribution in [2.24, 2.45) is 0 Å². The van der Waals surface area contributed by atoms with Crippen molar-refractivity contribution >= 4 is 0 Å². The lowest BCUT2D eigenvalue weighted by Gasteiger charge is -2.06. The molecule has 21 heavy (non-hydrogen) atoms. The quantitative estimate of drug-likeness (QED) is 0.672. The van der Waals surface area contributed by atoms with Crippen LogP contribution in [0.4, 0.5) is 0 Å². The summed E-state index contributed by atoms with van der Waals surface area (Å²) in [4.78, 5) is 0. The van der Waals surface area contributed by atoms with Crippen LogP contribution in [-0.4, -0.2) is 15.3 Å². The van der Waals surface area contributed by atoms with Crippen molar-refractivity contribution in [3.8, 4) is 17.0 Å². The first-order valence-electron chi connectivity index (χ1n) is 6.88. The number of rotatable bonds is 5. The average Bonchev–Trinajstić information content (AvgIpc) is 3.02. The Kier molecular flexibility index (Phi) is 3.98. The summed E-state index contributed by atoms with van der Waals surface area (Å²) in [5.41, 5.74) is 4.45. The van der Waals surface area contributed by atoms with Gasteiger partial charge in [-0.2, -0.15) is 5.10 Å². The van der Waals surface area contributed by atoms with Gasteiger partial charge in [0, 0.05) is 19.3 Å². The number of nitrogens with zero attached hydrogens (tertiary/aromatic N) is 1. The van der Waals surface area contributed by atoms with Gasteiger partial charge in [-0.3, -0.25) is 5.10 Å². The molecule has 0 spiro atoms. The summed E-state index contributed by atoms with van der Waals surface area (Å²) in [7, 11) is 0. The summed E-state index contributed by atoms with van der Waals surface area (Å²) in [6.07, 6.45) is 1.75. The molecule has 0 saturated heterocycles. The van der Waals surface area contributed by atoms with Gasteiger partial charge in [0.05, 0.1) is 5.69 Å². The van der Waals surface area contributed by atoms with Crippen molar-refractivity contribution in [1.29, 1.82) is 0 Å². The maximum absolute atomic E-state index is 9.41. The Balaban J connectivity index is 1.56. The molecule has 1 aromatic heterocycles. The fourth-order valence-corrected chi connectivity index (χ4v) is 2.24. The highest BCUT2D eigenvalue weighted by Gasteiger charge is 1.99. The molecule has 0 bridgehead atoms. The highest BCUT2D eigenvalue weighted by molar-refractivity contribution is 5.58. The molecule has 0 fully saturated rings. The second-order valence-electron chi connectivity index (χ2n) is 4.94. The SMILES string of the molecule is Oc1cccc(CNCc2ccc(-c3ccn[nH]3)cc2)c1. The highest BCUT2D eigenvalue weighted by atomic mass is 16.3. The molecule has 2 aromatic carbocycles. The molecule has 106 valence electrons. The maximum atomic E-state index is 9.41. The second kappa shape index (κ2) is 6.24. The van der Waals surface area contributed by atoms with Crippen LogP contribution in [0.5, 0.6) is 5.75 Å². The van der Waals surface area contributed by atoms with Crippen LogP contribution < -0.4 is 5.32 Å². The predicted molar refractivity (Wildman–Crippen MR) is 82.7 cm³/mol. The zero-order valence-electron chi connectivity index (χ0n) is 11.6. The van der Waals surface area contributed by atoms with Gasteiger partial charge in [0.1, 0.15) is 5.75 Å². The molecule has 0 unspecified atom stereocenters. The third-order valence-electron chi connectivity index (χ3n) is 3.33. The van der Waals surface area contributed by atoms with Gasteiger partial charge >= 0.3 is 0 Å². The monoisotopic (exact) mass is 279 g/mol. The van der Waals surface area contributed by atoms with Gasteiger partial charge in [0.25, 0.3) is 0 Å². The van der Waals surface area contributed by atoms with Gasteiger partial charge in [-0.05, 0) is 34.9 Å². The van der Waals surface area contributed by atoms with E-state index in [1.807, 2.05) is 18.2 Å². The molecule has 0 saturated carbocycles. The van der Waals surface area contributed by atoms with Gasteiger partial charge in [-0.15, -0.1) is 0 Å². The van der Waals surface area contributed by atoms with Crippen LogP contribution in [-0.2, 0) is 13.1 Å². The summed E-state index contributed by atoms with van der Waals surface area (Å²) in [5.74, 6) is 0.304. The fraction of sp³-hybridized carbons (Fsp3) is 0.118. The number of aromatic hydroxyl groups is 1. The van der Waals surface area contributed by atoms with Gasteiger partial charge < -0.3 is 10.4 Å². The first-order valence-corrected chi connectivity index (χ1v) is 6.88. The number of aromatic nitrogens is 2. The van der Waals surface area contributed by atoms with E-state index >= 15 is 0 Å². The molecule has 3 N–H and O–H groups in total. The number of aromatic amines is 1. The molecule has 1 heterocycles. The smallest absolute Gasteiger partial charge is 0.115 e. The van der Waals surface area contributed by atoms with E-state index in [-0.39, 0.29) is 0 Å². The molecule has 0 amide bonds. The largest absolute Gasteiger partial charge is 0.508 e. The number of hydrogen-bond acceptors (Lipinski definition) is 3. The Hall–Kier alpha value is -2.59. The molecule has 0 aliphatic heterocycles. The van der Waals surface area contributed by atoms with Crippen LogP contribution in [0, 0.1) is 0 Å². The van der Waals surface area contributed by atoms with Crippen molar-refractivity contribution in [3.63, 3.8) is 0 Å². The van der Waals surface area contributed by atoms with E-state index in [1.165, 1.54) is 5.56 Å². The Morgan fingerprint density at radius 3 is 2.48 bits per heavy atom. The van der Waals surface area contributed by atoms with E-state index in [4.69, 9.17) is 0 Å². The fourth-order valence-electron chi connectivity index (χ4n) is 2.24. The van der Waals surface area contributed by atoms with Crippen molar-refractivity contribution < 1.29 is 5.11 Å². The number of nitrogens with one attached hydrogen (secondary N) is 2. The lowest BCUT2D eigenvalue weighted by molar-refractivity contribution is 0.474. The third kappa shape index (κ3) is 3.49. The zero-order chi connectivity index (χ0) is 14.5. The molecular formula is C17H17N3O. The van der Waals surface area contributed by atoms with E-state index in [1.54, 1.807) is 18.3 Å². The predicted octanol–water partition coefficient (Wildman–Crippen LogP) is 3.07. The molecule has 4 heteroatoms. The van der Waals surface area contributed by atoms with Gasteiger partial charge in [-0.25, -0.2) is 0 Å². The number of phenols is 1. The summed E-state index contributed by atoms with van der Waals surface area (Å²) in [6, 6.07) is 17.6. The Morgan fingerprint density at radius 1 is 0.952 bits per heavy atom. The van der Waals surface area contributed by atoms with E-state index in [9.17, 15) is 5.11 Å². The minimum atomic E-state index is 0.304. The normalized spacial score (nSPS) is 10.7. The summed E-state index contributed by atoms with van der Waals surface area (Å²) in [5, 5.41) is 19.7. The lowest BCUT2D eigenvalue weighted by atomic mass is 10.1. The van der Waals surface area contributed by atoms with E-state index in [2.05, 4.69) is 39.8 Å². The molecular weight excluding hydrogens is 262 g/mol. The number of H-pyrrole nitrogens is 1. The van der Waals surface area contributed by atoms with Gasteiger partial charge in [0.2, 0.25) is 0 Å². The minimum absolute atomic E-state index is 0.304. The van der Waals surface area contributed by atoms with Crippen LogP contribution in [0.25, 0.3) is 11.3 Å². The van der Waals surface area contributed by atoms with Crippen LogP contribution in [0.15, 0.2) is 60.8 Å². The van der Waals surface area contributed by atoms with Crippen LogP contribution in [0.3, 0.4) is 0 Å². The average molecular weight is 279 g/mol. The van der Waals surface area contributed by atoms with Crippen molar-refractivity contribution in [1.82, 2.24) is 15.5 Å².